The minimum atomic E-state index is 0.0550. The molecule has 6 heteroatoms. The molecule has 1 spiro atoms. The molecule has 2 heterocycles. The summed E-state index contributed by atoms with van der Waals surface area (Å²) in [6.07, 6.45) is 6.61. The van der Waals surface area contributed by atoms with Crippen molar-refractivity contribution in [3.05, 3.63) is 59.4 Å². The Hall–Kier alpha value is -2.37. The second kappa shape index (κ2) is 7.47. The molecule has 5 rings (SSSR count). The number of amides is 1. The van der Waals surface area contributed by atoms with Gasteiger partial charge in [-0.05, 0) is 54.5 Å². The summed E-state index contributed by atoms with van der Waals surface area (Å²) in [7, 11) is 0. The molecule has 1 amide bonds. The fourth-order valence-corrected chi connectivity index (χ4v) is 4.98. The summed E-state index contributed by atoms with van der Waals surface area (Å²) >= 11 is 6.55. The van der Waals surface area contributed by atoms with Gasteiger partial charge in [0.15, 0.2) is 0 Å². The third kappa shape index (κ3) is 3.53. The number of hydrogen-bond donors (Lipinski definition) is 2. The van der Waals surface area contributed by atoms with Crippen molar-refractivity contribution in [3.63, 3.8) is 0 Å². The van der Waals surface area contributed by atoms with Gasteiger partial charge < -0.3 is 10.6 Å². The van der Waals surface area contributed by atoms with E-state index in [0.717, 1.165) is 41.8 Å². The van der Waals surface area contributed by atoms with Crippen molar-refractivity contribution in [2.75, 3.05) is 13.1 Å². The summed E-state index contributed by atoms with van der Waals surface area (Å²) in [4.78, 5) is 17.1. The van der Waals surface area contributed by atoms with Crippen LogP contribution in [0.3, 0.4) is 0 Å². The largest absolute Gasteiger partial charge is 0.352 e. The van der Waals surface area contributed by atoms with E-state index in [0.29, 0.717) is 17.0 Å². The van der Waals surface area contributed by atoms with Gasteiger partial charge in [0.2, 0.25) is 5.91 Å². The summed E-state index contributed by atoms with van der Waals surface area (Å²) < 4.78 is 2.02. The number of rotatable bonds is 4. The molecule has 1 aliphatic carbocycles. The third-order valence-corrected chi connectivity index (χ3v) is 6.93. The van der Waals surface area contributed by atoms with E-state index in [-0.39, 0.29) is 11.8 Å². The zero-order valence-corrected chi connectivity index (χ0v) is 17.1. The minimum absolute atomic E-state index is 0.0550. The molecule has 0 bridgehead atoms. The Morgan fingerprint density at radius 3 is 2.93 bits per heavy atom. The average Bonchev–Trinajstić information content (AvgIpc) is 3.16. The smallest absolute Gasteiger partial charge is 0.224 e. The monoisotopic (exact) mass is 408 g/mol. The van der Waals surface area contributed by atoms with Crippen LogP contribution in [0.4, 0.5) is 0 Å². The fourth-order valence-electron chi connectivity index (χ4n) is 4.74. The van der Waals surface area contributed by atoms with Crippen molar-refractivity contribution in [3.8, 4) is 5.69 Å². The van der Waals surface area contributed by atoms with Gasteiger partial charge in [-0.25, -0.2) is 4.98 Å². The zero-order chi connectivity index (χ0) is 19.8. The molecule has 1 atom stereocenters. The molecule has 1 aromatic heterocycles. The average molecular weight is 409 g/mol. The van der Waals surface area contributed by atoms with Gasteiger partial charge >= 0.3 is 0 Å². The maximum absolute atomic E-state index is 12.7. The topological polar surface area (TPSA) is 59.0 Å². The molecule has 1 saturated heterocycles. The summed E-state index contributed by atoms with van der Waals surface area (Å²) in [5.41, 5.74) is 4.25. The van der Waals surface area contributed by atoms with Gasteiger partial charge in [-0.2, -0.15) is 0 Å². The first-order valence-corrected chi connectivity index (χ1v) is 10.7. The predicted octanol–water partition coefficient (Wildman–Crippen LogP) is 4.07. The molecule has 1 saturated carbocycles. The zero-order valence-electron chi connectivity index (χ0n) is 16.3. The fraction of sp³-hybridized carbons (Fsp3) is 0.391. The number of para-hydroxylation sites is 2. The van der Waals surface area contributed by atoms with Crippen LogP contribution >= 0.6 is 11.6 Å². The van der Waals surface area contributed by atoms with Crippen LogP contribution in [0.2, 0.25) is 5.02 Å². The minimum Gasteiger partial charge on any atom is -0.352 e. The van der Waals surface area contributed by atoms with Gasteiger partial charge in [0.1, 0.15) is 6.33 Å². The van der Waals surface area contributed by atoms with E-state index in [1.165, 1.54) is 19.3 Å². The highest BCUT2D eigenvalue weighted by Gasteiger charge is 2.42. The van der Waals surface area contributed by atoms with E-state index in [2.05, 4.69) is 15.6 Å². The molecular formula is C23H25ClN4O. The Kier molecular flexibility index (Phi) is 4.80. The SMILES string of the molecule is O=C(NCc1ccc(-n2cnc3ccccc32)cc1Cl)C1CNCC2(CCC2)C1. The van der Waals surface area contributed by atoms with E-state index in [4.69, 9.17) is 11.6 Å². The molecule has 29 heavy (non-hydrogen) atoms. The first-order chi connectivity index (χ1) is 14.1. The van der Waals surface area contributed by atoms with Gasteiger partial charge in [0, 0.05) is 30.3 Å². The number of benzene rings is 2. The number of halogens is 1. The highest BCUT2D eigenvalue weighted by Crippen LogP contribution is 2.46. The summed E-state index contributed by atoms with van der Waals surface area (Å²) in [6.45, 7) is 2.28. The Morgan fingerprint density at radius 1 is 1.28 bits per heavy atom. The highest BCUT2D eigenvalue weighted by molar-refractivity contribution is 6.31. The van der Waals surface area contributed by atoms with Crippen LogP contribution in [-0.4, -0.2) is 28.5 Å². The van der Waals surface area contributed by atoms with E-state index < -0.39 is 0 Å². The van der Waals surface area contributed by atoms with Crippen LogP contribution in [0.5, 0.6) is 0 Å². The highest BCUT2D eigenvalue weighted by atomic mass is 35.5. The summed E-state index contributed by atoms with van der Waals surface area (Å²) in [6, 6.07) is 13.9. The van der Waals surface area contributed by atoms with Gasteiger partial charge in [0.25, 0.3) is 0 Å². The predicted molar refractivity (Wildman–Crippen MR) is 115 cm³/mol. The Bertz CT molecular complexity index is 1060. The van der Waals surface area contributed by atoms with E-state index in [9.17, 15) is 4.79 Å². The van der Waals surface area contributed by atoms with Crippen LogP contribution in [0.1, 0.15) is 31.2 Å². The Morgan fingerprint density at radius 2 is 2.14 bits per heavy atom. The molecular weight excluding hydrogens is 384 g/mol. The third-order valence-electron chi connectivity index (χ3n) is 6.58. The quantitative estimate of drug-likeness (QED) is 0.684. The Balaban J connectivity index is 1.27. The number of nitrogens with one attached hydrogen (secondary N) is 2. The van der Waals surface area contributed by atoms with E-state index in [1.807, 2.05) is 53.4 Å². The standard InChI is InChI=1S/C23H25ClN4O/c24-19-10-18(28-15-27-20-4-1-2-5-21(20)28)7-6-16(19)13-26-22(29)17-11-23(8-3-9-23)14-25-12-17/h1-2,4-7,10,15,17,25H,3,8-9,11-14H2,(H,26,29). The molecule has 1 aliphatic heterocycles. The van der Waals surface area contributed by atoms with Gasteiger partial charge in [-0.1, -0.05) is 36.2 Å². The van der Waals surface area contributed by atoms with Crippen molar-refractivity contribution in [2.45, 2.75) is 32.2 Å². The number of carbonyl (C=O) groups excluding carboxylic acids is 1. The normalized spacial score (nSPS) is 20.5. The van der Waals surface area contributed by atoms with Gasteiger partial charge in [-0.3, -0.25) is 9.36 Å². The van der Waals surface area contributed by atoms with Crippen molar-refractivity contribution in [1.29, 1.82) is 0 Å². The van der Waals surface area contributed by atoms with Gasteiger partial charge in [-0.15, -0.1) is 0 Å². The molecule has 2 fully saturated rings. The first kappa shape index (κ1) is 18.6. The van der Waals surface area contributed by atoms with Crippen LogP contribution in [0.15, 0.2) is 48.8 Å². The molecule has 2 N–H and O–H groups in total. The molecule has 0 radical (unpaired) electrons. The van der Waals surface area contributed by atoms with Crippen LogP contribution in [0, 0.1) is 11.3 Å². The number of carbonyl (C=O) groups is 1. The molecule has 2 aromatic carbocycles. The molecule has 1 unspecified atom stereocenters. The number of nitrogens with zero attached hydrogens (tertiary/aromatic N) is 2. The van der Waals surface area contributed by atoms with Crippen molar-refractivity contribution >= 4 is 28.5 Å². The lowest BCUT2D eigenvalue weighted by atomic mass is 9.62. The van der Waals surface area contributed by atoms with Crippen LogP contribution in [-0.2, 0) is 11.3 Å². The Labute approximate surface area is 175 Å². The van der Waals surface area contributed by atoms with E-state index >= 15 is 0 Å². The molecule has 2 aliphatic rings. The van der Waals surface area contributed by atoms with Crippen LogP contribution < -0.4 is 10.6 Å². The summed E-state index contributed by atoms with van der Waals surface area (Å²) in [5.74, 6) is 0.184. The second-order valence-electron chi connectivity index (χ2n) is 8.48. The second-order valence-corrected chi connectivity index (χ2v) is 8.89. The van der Waals surface area contributed by atoms with Crippen molar-refractivity contribution < 1.29 is 4.79 Å². The summed E-state index contributed by atoms with van der Waals surface area (Å²) in [5, 5.41) is 7.21. The molecule has 3 aromatic rings. The number of hydrogen-bond acceptors (Lipinski definition) is 3. The number of fused-ring (bicyclic) bond motifs is 1. The number of piperidine rings is 1. The number of imidazole rings is 1. The maximum Gasteiger partial charge on any atom is 0.224 e. The van der Waals surface area contributed by atoms with Crippen LogP contribution in [0.25, 0.3) is 16.7 Å². The molecule has 5 nitrogen and oxygen atoms in total. The lowest BCUT2D eigenvalue weighted by Crippen LogP contribution is -2.51. The number of aromatic nitrogens is 2. The van der Waals surface area contributed by atoms with Crippen molar-refractivity contribution in [1.82, 2.24) is 20.2 Å². The molecule has 150 valence electrons. The van der Waals surface area contributed by atoms with Crippen molar-refractivity contribution in [2.24, 2.45) is 11.3 Å². The van der Waals surface area contributed by atoms with E-state index in [1.54, 1.807) is 0 Å². The lowest BCUT2D eigenvalue weighted by molar-refractivity contribution is -0.128. The maximum atomic E-state index is 12.7. The first-order valence-electron chi connectivity index (χ1n) is 10.3. The van der Waals surface area contributed by atoms with Gasteiger partial charge in [0.05, 0.1) is 17.0 Å². The lowest BCUT2D eigenvalue weighted by Gasteiger charge is -2.47.